The van der Waals surface area contributed by atoms with Gasteiger partial charge < -0.3 is 11.1 Å². The quantitative estimate of drug-likeness (QED) is 0.835. The molecule has 4 heteroatoms. The number of rotatable bonds is 4. The highest BCUT2D eigenvalue weighted by Gasteiger charge is 2.27. The predicted molar refractivity (Wildman–Crippen MR) is 81.4 cm³/mol. The lowest BCUT2D eigenvalue weighted by molar-refractivity contribution is -0.123. The second kappa shape index (κ2) is 8.11. The summed E-state index contributed by atoms with van der Waals surface area (Å²) in [5, 5.41) is 3.22. The van der Waals surface area contributed by atoms with E-state index >= 15 is 0 Å². The molecule has 2 fully saturated rings. The molecule has 112 valence electrons. The first-order valence-corrected chi connectivity index (χ1v) is 7.74. The molecule has 0 unspecified atom stereocenters. The SMILES string of the molecule is CCC1CCC(NC(=O)C[C@@H]2CCC[C@H]2N)CC1.Cl. The van der Waals surface area contributed by atoms with Gasteiger partial charge >= 0.3 is 0 Å². The van der Waals surface area contributed by atoms with Gasteiger partial charge in [-0.1, -0.05) is 19.8 Å². The van der Waals surface area contributed by atoms with Crippen LogP contribution >= 0.6 is 12.4 Å². The molecule has 2 aliphatic rings. The van der Waals surface area contributed by atoms with Crippen LogP contribution < -0.4 is 11.1 Å². The maximum atomic E-state index is 12.0. The Morgan fingerprint density at radius 1 is 1.16 bits per heavy atom. The Morgan fingerprint density at radius 3 is 2.37 bits per heavy atom. The summed E-state index contributed by atoms with van der Waals surface area (Å²) < 4.78 is 0. The molecule has 0 saturated heterocycles. The molecular weight excluding hydrogens is 260 g/mol. The molecule has 2 saturated carbocycles. The van der Waals surface area contributed by atoms with Crippen molar-refractivity contribution in [2.24, 2.45) is 17.6 Å². The molecule has 0 aromatic carbocycles. The number of carbonyl (C=O) groups is 1. The average molecular weight is 289 g/mol. The standard InChI is InChI=1S/C15H28N2O.ClH/c1-2-11-6-8-13(9-7-11)17-15(18)10-12-4-3-5-14(12)16;/h11-14H,2-10,16H2,1H3,(H,17,18);1H/t11?,12-,13?,14+;/m0./s1. The van der Waals surface area contributed by atoms with E-state index in [0.717, 1.165) is 18.8 Å². The molecule has 19 heavy (non-hydrogen) atoms. The third-order valence-corrected chi connectivity index (χ3v) is 4.95. The fraction of sp³-hybridized carbons (Fsp3) is 0.933. The van der Waals surface area contributed by atoms with Gasteiger partial charge in [-0.15, -0.1) is 12.4 Å². The van der Waals surface area contributed by atoms with Crippen LogP contribution in [0.3, 0.4) is 0 Å². The van der Waals surface area contributed by atoms with Gasteiger partial charge in [-0.2, -0.15) is 0 Å². The topological polar surface area (TPSA) is 55.1 Å². The van der Waals surface area contributed by atoms with Gasteiger partial charge in [-0.3, -0.25) is 4.79 Å². The largest absolute Gasteiger partial charge is 0.353 e. The van der Waals surface area contributed by atoms with E-state index in [1.54, 1.807) is 0 Å². The van der Waals surface area contributed by atoms with Crippen LogP contribution in [-0.4, -0.2) is 18.0 Å². The molecule has 2 aliphatic carbocycles. The molecule has 0 spiro atoms. The normalized spacial score (nSPS) is 34.6. The van der Waals surface area contributed by atoms with E-state index in [1.807, 2.05) is 0 Å². The summed E-state index contributed by atoms with van der Waals surface area (Å²) in [7, 11) is 0. The molecule has 0 bridgehead atoms. The van der Waals surface area contributed by atoms with Crippen LogP contribution in [0.5, 0.6) is 0 Å². The molecule has 0 aromatic heterocycles. The number of halogens is 1. The average Bonchev–Trinajstić information content (AvgIpc) is 2.76. The second-order valence-corrected chi connectivity index (χ2v) is 6.25. The van der Waals surface area contributed by atoms with Gasteiger partial charge in [0.2, 0.25) is 5.91 Å². The van der Waals surface area contributed by atoms with Crippen molar-refractivity contribution in [1.29, 1.82) is 0 Å². The summed E-state index contributed by atoms with van der Waals surface area (Å²) in [5.74, 6) is 1.55. The van der Waals surface area contributed by atoms with Crippen LogP contribution in [-0.2, 0) is 4.79 Å². The van der Waals surface area contributed by atoms with Crippen molar-refractivity contribution >= 4 is 18.3 Å². The number of nitrogens with two attached hydrogens (primary N) is 1. The summed E-state index contributed by atoms with van der Waals surface area (Å²) in [6, 6.07) is 0.685. The van der Waals surface area contributed by atoms with Crippen molar-refractivity contribution in [2.45, 2.75) is 76.8 Å². The van der Waals surface area contributed by atoms with Crippen LogP contribution in [0.15, 0.2) is 0 Å². The fourth-order valence-electron chi connectivity index (χ4n) is 3.56. The summed E-state index contributed by atoms with van der Waals surface area (Å²) in [6.07, 6.45) is 10.3. The predicted octanol–water partition coefficient (Wildman–Crippen LogP) is 3.01. The lowest BCUT2D eigenvalue weighted by Gasteiger charge is -2.29. The van der Waals surface area contributed by atoms with Crippen molar-refractivity contribution in [3.05, 3.63) is 0 Å². The van der Waals surface area contributed by atoms with E-state index in [9.17, 15) is 4.79 Å². The van der Waals surface area contributed by atoms with E-state index in [1.165, 1.54) is 38.5 Å². The molecule has 2 atom stereocenters. The Labute approximate surface area is 123 Å². The fourth-order valence-corrected chi connectivity index (χ4v) is 3.56. The highest BCUT2D eigenvalue weighted by Crippen LogP contribution is 2.28. The summed E-state index contributed by atoms with van der Waals surface area (Å²) in [4.78, 5) is 12.0. The van der Waals surface area contributed by atoms with Crippen molar-refractivity contribution < 1.29 is 4.79 Å². The van der Waals surface area contributed by atoms with E-state index < -0.39 is 0 Å². The zero-order valence-corrected chi connectivity index (χ0v) is 12.9. The van der Waals surface area contributed by atoms with Gasteiger partial charge in [0, 0.05) is 18.5 Å². The van der Waals surface area contributed by atoms with Gasteiger partial charge in [0.1, 0.15) is 0 Å². The first kappa shape index (κ1) is 16.8. The second-order valence-electron chi connectivity index (χ2n) is 6.25. The summed E-state index contributed by atoms with van der Waals surface area (Å²) in [6.45, 7) is 2.27. The molecular formula is C15H29ClN2O. The summed E-state index contributed by atoms with van der Waals surface area (Å²) >= 11 is 0. The van der Waals surface area contributed by atoms with E-state index in [0.29, 0.717) is 18.4 Å². The third-order valence-electron chi connectivity index (χ3n) is 4.95. The van der Waals surface area contributed by atoms with E-state index in [-0.39, 0.29) is 24.4 Å². The Balaban J connectivity index is 0.00000180. The van der Waals surface area contributed by atoms with Crippen LogP contribution in [0.4, 0.5) is 0 Å². The minimum absolute atomic E-state index is 0. The number of carbonyl (C=O) groups excluding carboxylic acids is 1. The molecule has 3 nitrogen and oxygen atoms in total. The maximum absolute atomic E-state index is 12.0. The van der Waals surface area contributed by atoms with Crippen molar-refractivity contribution in [2.75, 3.05) is 0 Å². The van der Waals surface area contributed by atoms with Crippen LogP contribution in [0.25, 0.3) is 0 Å². The van der Waals surface area contributed by atoms with Gasteiger partial charge in [0.25, 0.3) is 0 Å². The minimum Gasteiger partial charge on any atom is -0.353 e. The van der Waals surface area contributed by atoms with Crippen molar-refractivity contribution in [3.63, 3.8) is 0 Å². The third kappa shape index (κ3) is 4.96. The van der Waals surface area contributed by atoms with Crippen LogP contribution in [0, 0.1) is 11.8 Å². The van der Waals surface area contributed by atoms with Gasteiger partial charge in [-0.05, 0) is 50.4 Å². The lowest BCUT2D eigenvalue weighted by atomic mass is 9.84. The zero-order valence-electron chi connectivity index (χ0n) is 12.1. The molecule has 0 aliphatic heterocycles. The monoisotopic (exact) mass is 288 g/mol. The smallest absolute Gasteiger partial charge is 0.220 e. The highest BCUT2D eigenvalue weighted by atomic mass is 35.5. The first-order chi connectivity index (χ1) is 8.69. The summed E-state index contributed by atoms with van der Waals surface area (Å²) in [5.41, 5.74) is 6.02. The molecule has 1 amide bonds. The molecule has 0 heterocycles. The Kier molecular flexibility index (Phi) is 7.16. The molecule has 3 N–H and O–H groups in total. The number of hydrogen-bond donors (Lipinski definition) is 2. The van der Waals surface area contributed by atoms with Gasteiger partial charge in [0.05, 0.1) is 0 Å². The van der Waals surface area contributed by atoms with Gasteiger partial charge in [0.15, 0.2) is 0 Å². The van der Waals surface area contributed by atoms with E-state index in [4.69, 9.17) is 5.73 Å². The number of nitrogens with one attached hydrogen (secondary N) is 1. The van der Waals surface area contributed by atoms with E-state index in [2.05, 4.69) is 12.2 Å². The van der Waals surface area contributed by atoms with Crippen molar-refractivity contribution in [3.8, 4) is 0 Å². The number of amides is 1. The molecule has 2 rings (SSSR count). The minimum atomic E-state index is 0. The van der Waals surface area contributed by atoms with Crippen LogP contribution in [0.1, 0.15) is 64.7 Å². The number of hydrogen-bond acceptors (Lipinski definition) is 2. The first-order valence-electron chi connectivity index (χ1n) is 7.74. The lowest BCUT2D eigenvalue weighted by Crippen LogP contribution is -2.39. The van der Waals surface area contributed by atoms with Gasteiger partial charge in [-0.25, -0.2) is 0 Å². The van der Waals surface area contributed by atoms with Crippen molar-refractivity contribution in [1.82, 2.24) is 5.32 Å². The maximum Gasteiger partial charge on any atom is 0.220 e. The molecule has 0 radical (unpaired) electrons. The Bertz CT molecular complexity index is 277. The Morgan fingerprint density at radius 2 is 1.84 bits per heavy atom. The Hall–Kier alpha value is -0.280. The highest BCUT2D eigenvalue weighted by molar-refractivity contribution is 5.85. The molecule has 0 aromatic rings. The van der Waals surface area contributed by atoms with Crippen LogP contribution in [0.2, 0.25) is 0 Å². The zero-order chi connectivity index (χ0) is 13.0.